The molecule has 0 aromatic carbocycles. The largest absolute Gasteiger partial charge is 0.465 e. The monoisotopic (exact) mass is 271 g/mol. The molecule has 5 nitrogen and oxygen atoms in total. The summed E-state index contributed by atoms with van der Waals surface area (Å²) in [5, 5.41) is 9.31. The van der Waals surface area contributed by atoms with Crippen LogP contribution < -0.4 is 0 Å². The van der Waals surface area contributed by atoms with Crippen molar-refractivity contribution in [2.45, 2.75) is 13.5 Å². The number of likely N-dealkylation sites (N-methyl/N-ethyl adjacent to an activating group) is 1. The number of nitriles is 1. The quantitative estimate of drug-likeness (QED) is 0.778. The predicted octanol–water partition coefficient (Wildman–Crippen LogP) is 1.81. The molecule has 0 fully saturated rings. The molecule has 0 saturated heterocycles. The molecule has 0 spiro atoms. The van der Waals surface area contributed by atoms with Crippen LogP contribution in [0.25, 0.3) is 5.52 Å². The lowest BCUT2D eigenvalue weighted by atomic mass is 10.1. The SMILES string of the molecule is CCOC(=O)CN(C)Cc1cn2ccccc2c1C#N. The van der Waals surface area contributed by atoms with Crippen LogP contribution in [0.4, 0.5) is 0 Å². The average molecular weight is 271 g/mol. The molecule has 0 bridgehead atoms. The van der Waals surface area contributed by atoms with Gasteiger partial charge in [0.2, 0.25) is 0 Å². The Balaban J connectivity index is 2.17. The first-order chi connectivity index (χ1) is 9.65. The van der Waals surface area contributed by atoms with Gasteiger partial charge in [-0.2, -0.15) is 5.26 Å². The van der Waals surface area contributed by atoms with Gasteiger partial charge < -0.3 is 9.14 Å². The highest BCUT2D eigenvalue weighted by Gasteiger charge is 2.13. The third kappa shape index (κ3) is 2.98. The van der Waals surface area contributed by atoms with Gasteiger partial charge in [-0.1, -0.05) is 6.07 Å². The van der Waals surface area contributed by atoms with Gasteiger partial charge in [0, 0.05) is 24.5 Å². The standard InChI is InChI=1S/C15H17N3O2/c1-3-20-15(19)11-17(2)9-12-10-18-7-5-4-6-14(18)13(12)8-16/h4-7,10H,3,9,11H2,1-2H3. The second kappa shape index (κ2) is 6.22. The molecular formula is C15H17N3O2. The van der Waals surface area contributed by atoms with Crippen molar-refractivity contribution in [3.05, 3.63) is 41.7 Å². The van der Waals surface area contributed by atoms with E-state index in [4.69, 9.17) is 4.74 Å². The highest BCUT2D eigenvalue weighted by molar-refractivity contribution is 5.71. The van der Waals surface area contributed by atoms with Gasteiger partial charge in [-0.3, -0.25) is 9.69 Å². The van der Waals surface area contributed by atoms with Crippen LogP contribution in [0, 0.1) is 11.3 Å². The minimum absolute atomic E-state index is 0.213. The molecule has 0 aliphatic carbocycles. The average Bonchev–Trinajstić information content (AvgIpc) is 2.75. The number of esters is 1. The summed E-state index contributed by atoms with van der Waals surface area (Å²) in [6.45, 7) is 2.91. The highest BCUT2D eigenvalue weighted by atomic mass is 16.5. The van der Waals surface area contributed by atoms with Crippen molar-refractivity contribution < 1.29 is 9.53 Å². The molecule has 0 saturated carbocycles. The third-order valence-electron chi connectivity index (χ3n) is 3.02. The lowest BCUT2D eigenvalue weighted by Gasteiger charge is -2.14. The summed E-state index contributed by atoms with van der Waals surface area (Å²) in [6, 6.07) is 7.97. The maximum absolute atomic E-state index is 11.4. The topological polar surface area (TPSA) is 57.7 Å². The molecular weight excluding hydrogens is 254 g/mol. The van der Waals surface area contributed by atoms with Crippen molar-refractivity contribution >= 4 is 11.5 Å². The Morgan fingerprint density at radius 3 is 3.00 bits per heavy atom. The van der Waals surface area contributed by atoms with E-state index in [2.05, 4.69) is 6.07 Å². The van der Waals surface area contributed by atoms with Crippen LogP contribution in [0.15, 0.2) is 30.6 Å². The zero-order valence-electron chi connectivity index (χ0n) is 11.7. The van der Waals surface area contributed by atoms with Crippen molar-refractivity contribution in [3.8, 4) is 6.07 Å². The van der Waals surface area contributed by atoms with Gasteiger partial charge in [-0.25, -0.2) is 0 Å². The van der Waals surface area contributed by atoms with E-state index in [1.54, 1.807) is 6.92 Å². The fraction of sp³-hybridized carbons (Fsp3) is 0.333. The van der Waals surface area contributed by atoms with E-state index in [1.807, 2.05) is 46.9 Å². The van der Waals surface area contributed by atoms with Gasteiger partial charge in [-0.05, 0) is 26.1 Å². The molecule has 2 aromatic rings. The first-order valence-electron chi connectivity index (χ1n) is 6.48. The molecule has 104 valence electrons. The van der Waals surface area contributed by atoms with Gasteiger partial charge in [0.05, 0.1) is 24.2 Å². The summed E-state index contributed by atoms with van der Waals surface area (Å²) >= 11 is 0. The van der Waals surface area contributed by atoms with Crippen LogP contribution >= 0.6 is 0 Å². The number of aromatic nitrogens is 1. The molecule has 2 heterocycles. The first-order valence-corrected chi connectivity index (χ1v) is 6.48. The summed E-state index contributed by atoms with van der Waals surface area (Å²) in [6.07, 6.45) is 3.83. The van der Waals surface area contributed by atoms with Crippen molar-refractivity contribution in [3.63, 3.8) is 0 Å². The number of carbonyl (C=O) groups is 1. The van der Waals surface area contributed by atoms with Gasteiger partial charge >= 0.3 is 5.97 Å². The number of nitrogens with zero attached hydrogens (tertiary/aromatic N) is 3. The number of ether oxygens (including phenoxy) is 1. The lowest BCUT2D eigenvalue weighted by molar-refractivity contribution is -0.144. The predicted molar refractivity (Wildman–Crippen MR) is 75.1 cm³/mol. The molecule has 0 atom stereocenters. The molecule has 0 unspecified atom stereocenters. The lowest BCUT2D eigenvalue weighted by Crippen LogP contribution is -2.27. The van der Waals surface area contributed by atoms with Crippen LogP contribution in [0.2, 0.25) is 0 Å². The summed E-state index contributed by atoms with van der Waals surface area (Å²) < 4.78 is 6.84. The maximum atomic E-state index is 11.4. The van der Waals surface area contributed by atoms with E-state index in [-0.39, 0.29) is 12.5 Å². The van der Waals surface area contributed by atoms with Gasteiger partial charge in [0.1, 0.15) is 6.07 Å². The van der Waals surface area contributed by atoms with Gasteiger partial charge in [-0.15, -0.1) is 0 Å². The van der Waals surface area contributed by atoms with Crippen LogP contribution in [-0.4, -0.2) is 35.5 Å². The van der Waals surface area contributed by atoms with Crippen LogP contribution in [0.1, 0.15) is 18.1 Å². The van der Waals surface area contributed by atoms with Crippen molar-refractivity contribution in [2.75, 3.05) is 20.2 Å². The molecule has 2 aromatic heterocycles. The summed E-state index contributed by atoms with van der Waals surface area (Å²) in [5.74, 6) is -0.253. The molecule has 0 N–H and O–H groups in total. The highest BCUT2D eigenvalue weighted by Crippen LogP contribution is 2.18. The minimum Gasteiger partial charge on any atom is -0.465 e. The van der Waals surface area contributed by atoms with Crippen LogP contribution in [-0.2, 0) is 16.1 Å². The van der Waals surface area contributed by atoms with Crippen molar-refractivity contribution in [1.29, 1.82) is 5.26 Å². The molecule has 2 rings (SSSR count). The molecule has 0 aliphatic rings. The fourth-order valence-corrected chi connectivity index (χ4v) is 2.20. The van der Waals surface area contributed by atoms with E-state index in [0.29, 0.717) is 18.7 Å². The number of hydrogen-bond donors (Lipinski definition) is 0. The zero-order chi connectivity index (χ0) is 14.5. The van der Waals surface area contributed by atoms with Crippen LogP contribution in [0.3, 0.4) is 0 Å². The summed E-state index contributed by atoms with van der Waals surface area (Å²) in [4.78, 5) is 13.3. The van der Waals surface area contributed by atoms with Gasteiger partial charge in [0.15, 0.2) is 0 Å². The second-order valence-electron chi connectivity index (χ2n) is 4.61. The number of fused-ring (bicyclic) bond motifs is 1. The Morgan fingerprint density at radius 2 is 2.30 bits per heavy atom. The Labute approximate surface area is 118 Å². The summed E-state index contributed by atoms with van der Waals surface area (Å²) in [5.41, 5.74) is 2.45. The van der Waals surface area contributed by atoms with E-state index in [1.165, 1.54) is 0 Å². The maximum Gasteiger partial charge on any atom is 0.320 e. The smallest absolute Gasteiger partial charge is 0.320 e. The Kier molecular flexibility index (Phi) is 4.38. The van der Waals surface area contributed by atoms with Gasteiger partial charge in [0.25, 0.3) is 0 Å². The number of hydrogen-bond acceptors (Lipinski definition) is 4. The van der Waals surface area contributed by atoms with Crippen molar-refractivity contribution in [1.82, 2.24) is 9.30 Å². The van der Waals surface area contributed by atoms with Crippen molar-refractivity contribution in [2.24, 2.45) is 0 Å². The Hall–Kier alpha value is -2.32. The number of carbonyl (C=O) groups excluding carboxylic acids is 1. The van der Waals surface area contributed by atoms with E-state index >= 15 is 0 Å². The Morgan fingerprint density at radius 1 is 1.50 bits per heavy atom. The fourth-order valence-electron chi connectivity index (χ4n) is 2.20. The third-order valence-corrected chi connectivity index (χ3v) is 3.02. The minimum atomic E-state index is -0.253. The molecule has 0 amide bonds. The second-order valence-corrected chi connectivity index (χ2v) is 4.61. The molecule has 20 heavy (non-hydrogen) atoms. The van der Waals surface area contributed by atoms with Crippen LogP contribution in [0.5, 0.6) is 0 Å². The molecule has 5 heteroatoms. The Bertz CT molecular complexity index is 655. The summed E-state index contributed by atoms with van der Waals surface area (Å²) in [7, 11) is 1.83. The molecule has 0 radical (unpaired) electrons. The van der Waals surface area contributed by atoms with E-state index in [9.17, 15) is 10.1 Å². The van der Waals surface area contributed by atoms with E-state index in [0.717, 1.165) is 11.1 Å². The number of pyridine rings is 1. The number of rotatable bonds is 5. The normalized spacial score (nSPS) is 10.7. The van der Waals surface area contributed by atoms with E-state index < -0.39 is 0 Å². The zero-order valence-corrected chi connectivity index (χ0v) is 11.7. The first kappa shape index (κ1) is 14.1. The molecule has 0 aliphatic heterocycles.